The van der Waals surface area contributed by atoms with Crippen LogP contribution < -0.4 is 10.6 Å². The van der Waals surface area contributed by atoms with E-state index in [1.54, 1.807) is 0 Å². The largest absolute Gasteiger partial charge is 0.104 e. The maximum atomic E-state index is 2.38. The van der Waals surface area contributed by atoms with Crippen molar-refractivity contribution in [3.8, 4) is 11.1 Å². The third-order valence-corrected chi connectivity index (χ3v) is 6.07. The molecule has 0 saturated carbocycles. The maximum Gasteiger partial charge on any atom is 0.104 e. The van der Waals surface area contributed by atoms with Crippen molar-refractivity contribution in [2.24, 2.45) is 0 Å². The fourth-order valence-corrected chi connectivity index (χ4v) is 4.50. The van der Waals surface area contributed by atoms with Crippen molar-refractivity contribution in [3.05, 3.63) is 84.9 Å². The van der Waals surface area contributed by atoms with E-state index in [-0.39, 0.29) is 0 Å². The second kappa shape index (κ2) is 6.03. The summed E-state index contributed by atoms with van der Waals surface area (Å²) in [6.07, 6.45) is 0. The topological polar surface area (TPSA) is 0 Å². The third-order valence-electron chi connectivity index (χ3n) is 3.62. The zero-order chi connectivity index (χ0) is 13.8. The van der Waals surface area contributed by atoms with Crippen LogP contribution in [0.3, 0.4) is 0 Å². The standard InChI is InChI=1S/C19H17P/c1-20(17-12-6-3-7-13-17)19-15-9-8-14-18(19)16-10-4-2-5-11-16/h2-15H,1H3/p+1. The van der Waals surface area contributed by atoms with Crippen LogP contribution in [0, 0.1) is 0 Å². The van der Waals surface area contributed by atoms with Crippen LogP contribution in [0.25, 0.3) is 11.1 Å². The van der Waals surface area contributed by atoms with Crippen molar-refractivity contribution < 1.29 is 0 Å². The minimum atomic E-state index is -0.722. The summed E-state index contributed by atoms with van der Waals surface area (Å²) in [4.78, 5) is 0. The Balaban J connectivity index is 2.07. The highest BCUT2D eigenvalue weighted by molar-refractivity contribution is 7.72. The fourth-order valence-electron chi connectivity index (χ4n) is 2.52. The van der Waals surface area contributed by atoms with Crippen LogP contribution in [0.1, 0.15) is 0 Å². The van der Waals surface area contributed by atoms with E-state index in [2.05, 4.69) is 91.6 Å². The Morgan fingerprint density at radius 1 is 0.600 bits per heavy atom. The Bertz CT molecular complexity index is 674. The van der Waals surface area contributed by atoms with Gasteiger partial charge < -0.3 is 0 Å². The van der Waals surface area contributed by atoms with Crippen molar-refractivity contribution in [1.29, 1.82) is 0 Å². The molecule has 0 saturated heterocycles. The molecule has 0 bridgehead atoms. The summed E-state index contributed by atoms with van der Waals surface area (Å²) >= 11 is 0. The van der Waals surface area contributed by atoms with Gasteiger partial charge in [0.2, 0.25) is 0 Å². The highest BCUT2D eigenvalue weighted by Crippen LogP contribution is 2.33. The molecule has 0 heterocycles. The van der Waals surface area contributed by atoms with Gasteiger partial charge in [0.15, 0.2) is 0 Å². The Kier molecular flexibility index (Phi) is 3.95. The molecule has 1 atom stereocenters. The van der Waals surface area contributed by atoms with Crippen LogP contribution in [0.15, 0.2) is 84.9 Å². The van der Waals surface area contributed by atoms with Crippen molar-refractivity contribution in [3.63, 3.8) is 0 Å². The molecule has 0 fully saturated rings. The van der Waals surface area contributed by atoms with E-state index in [1.807, 2.05) is 0 Å². The normalized spacial score (nSPS) is 12.1. The SMILES string of the molecule is C[PH+](c1ccccc1)c1ccccc1-c1ccccc1. The lowest BCUT2D eigenvalue weighted by atomic mass is 10.1. The molecule has 0 radical (unpaired) electrons. The maximum absolute atomic E-state index is 2.38. The van der Waals surface area contributed by atoms with Crippen molar-refractivity contribution in [2.45, 2.75) is 0 Å². The Hall–Kier alpha value is -1.91. The molecule has 0 aromatic heterocycles. The number of rotatable bonds is 3. The van der Waals surface area contributed by atoms with Crippen LogP contribution in [0.4, 0.5) is 0 Å². The molecular weight excluding hydrogens is 259 g/mol. The quantitative estimate of drug-likeness (QED) is 0.631. The van der Waals surface area contributed by atoms with E-state index < -0.39 is 7.92 Å². The lowest BCUT2D eigenvalue weighted by Gasteiger charge is -2.10. The summed E-state index contributed by atoms with van der Waals surface area (Å²) in [6.45, 7) is 2.38. The van der Waals surface area contributed by atoms with Crippen molar-refractivity contribution in [1.82, 2.24) is 0 Å². The van der Waals surface area contributed by atoms with E-state index >= 15 is 0 Å². The Labute approximate surface area is 121 Å². The van der Waals surface area contributed by atoms with Gasteiger partial charge in [0.05, 0.1) is 19.9 Å². The molecule has 0 aliphatic carbocycles. The third kappa shape index (κ3) is 2.66. The van der Waals surface area contributed by atoms with Gasteiger partial charge in [-0.05, 0) is 23.8 Å². The van der Waals surface area contributed by atoms with E-state index in [1.165, 1.54) is 21.7 Å². The molecular formula is C19H18P+. The molecule has 3 aromatic rings. The zero-order valence-electron chi connectivity index (χ0n) is 11.6. The van der Waals surface area contributed by atoms with Gasteiger partial charge in [0.25, 0.3) is 0 Å². The summed E-state index contributed by atoms with van der Waals surface area (Å²) in [5, 5.41) is 2.94. The predicted octanol–water partition coefficient (Wildman–Crippen LogP) is 4.15. The molecule has 0 aliphatic rings. The lowest BCUT2D eigenvalue weighted by Crippen LogP contribution is -2.12. The van der Waals surface area contributed by atoms with Gasteiger partial charge in [-0.1, -0.05) is 66.7 Å². The molecule has 3 rings (SSSR count). The summed E-state index contributed by atoms with van der Waals surface area (Å²) in [5.74, 6) is 0. The van der Waals surface area contributed by atoms with E-state index in [0.29, 0.717) is 0 Å². The van der Waals surface area contributed by atoms with Gasteiger partial charge in [-0.3, -0.25) is 0 Å². The first-order valence-electron chi connectivity index (χ1n) is 6.90. The highest BCUT2D eigenvalue weighted by Gasteiger charge is 2.20. The molecule has 98 valence electrons. The molecule has 0 amide bonds. The van der Waals surface area contributed by atoms with Gasteiger partial charge in [-0.2, -0.15) is 0 Å². The molecule has 0 aliphatic heterocycles. The highest BCUT2D eigenvalue weighted by atomic mass is 31.1. The molecule has 3 aromatic carbocycles. The second-order valence-corrected chi connectivity index (χ2v) is 7.27. The minimum Gasteiger partial charge on any atom is -0.0622 e. The molecule has 1 heteroatoms. The smallest absolute Gasteiger partial charge is 0.0622 e. The Morgan fingerprint density at radius 2 is 1.15 bits per heavy atom. The lowest BCUT2D eigenvalue weighted by molar-refractivity contribution is 1.65. The van der Waals surface area contributed by atoms with Gasteiger partial charge >= 0.3 is 0 Å². The van der Waals surface area contributed by atoms with Crippen LogP contribution in [0.5, 0.6) is 0 Å². The number of hydrogen-bond donors (Lipinski definition) is 0. The van der Waals surface area contributed by atoms with Crippen LogP contribution in [-0.2, 0) is 0 Å². The molecule has 0 spiro atoms. The van der Waals surface area contributed by atoms with E-state index in [4.69, 9.17) is 0 Å². The van der Waals surface area contributed by atoms with Crippen molar-refractivity contribution in [2.75, 3.05) is 6.66 Å². The van der Waals surface area contributed by atoms with Crippen molar-refractivity contribution >= 4 is 18.5 Å². The summed E-state index contributed by atoms with van der Waals surface area (Å²) < 4.78 is 0. The van der Waals surface area contributed by atoms with E-state index in [9.17, 15) is 0 Å². The van der Waals surface area contributed by atoms with Crippen LogP contribution in [-0.4, -0.2) is 6.66 Å². The number of benzene rings is 3. The number of hydrogen-bond acceptors (Lipinski definition) is 0. The summed E-state index contributed by atoms with van der Waals surface area (Å²) in [6, 6.07) is 30.3. The fraction of sp³-hybridized carbons (Fsp3) is 0.0526. The first-order chi connectivity index (χ1) is 9.86. The summed E-state index contributed by atoms with van der Waals surface area (Å²) in [7, 11) is -0.722. The van der Waals surface area contributed by atoms with Gasteiger partial charge in [-0.25, -0.2) is 0 Å². The second-order valence-electron chi connectivity index (χ2n) is 4.90. The van der Waals surface area contributed by atoms with Gasteiger partial charge in [0, 0.05) is 5.56 Å². The average Bonchev–Trinajstić information content (AvgIpc) is 2.56. The first kappa shape index (κ1) is 13.1. The van der Waals surface area contributed by atoms with Gasteiger partial charge in [0.1, 0.15) is 5.30 Å². The van der Waals surface area contributed by atoms with Gasteiger partial charge in [-0.15, -0.1) is 0 Å². The van der Waals surface area contributed by atoms with Crippen LogP contribution in [0.2, 0.25) is 0 Å². The average molecular weight is 277 g/mol. The first-order valence-corrected chi connectivity index (χ1v) is 8.90. The van der Waals surface area contributed by atoms with Crippen LogP contribution >= 0.6 is 7.92 Å². The molecule has 1 unspecified atom stereocenters. The monoisotopic (exact) mass is 277 g/mol. The molecule has 0 nitrogen and oxygen atoms in total. The molecule has 20 heavy (non-hydrogen) atoms. The molecule has 0 N–H and O–H groups in total. The van der Waals surface area contributed by atoms with E-state index in [0.717, 1.165) is 0 Å². The Morgan fingerprint density at radius 3 is 1.85 bits per heavy atom. The minimum absolute atomic E-state index is 0.722. The summed E-state index contributed by atoms with van der Waals surface area (Å²) in [5.41, 5.74) is 2.68. The zero-order valence-corrected chi connectivity index (χ0v) is 12.6. The predicted molar refractivity (Wildman–Crippen MR) is 91.8 cm³/mol.